The Morgan fingerprint density at radius 1 is 1.19 bits per heavy atom. The molecular weight excluding hydrogens is 342 g/mol. The summed E-state index contributed by atoms with van der Waals surface area (Å²) in [7, 11) is 1.78. The average molecular weight is 378 g/mol. The van der Waals surface area contributed by atoms with Gasteiger partial charge in [0.2, 0.25) is 0 Å². The van der Waals surface area contributed by atoms with Crippen molar-refractivity contribution in [1.82, 2.24) is 20.9 Å². The van der Waals surface area contributed by atoms with Gasteiger partial charge < -0.3 is 20.4 Å². The largest absolute Gasteiger partial charge is 0.459 e. The maximum absolute atomic E-state index is 12.0. The quantitative estimate of drug-likeness (QED) is 0.367. The number of amides is 1. The van der Waals surface area contributed by atoms with Crippen molar-refractivity contribution in [3.63, 3.8) is 0 Å². The molecule has 0 saturated carbocycles. The molecule has 1 saturated heterocycles. The molecule has 2 rings (SSSR count). The third kappa shape index (κ3) is 6.57. The van der Waals surface area contributed by atoms with Crippen LogP contribution < -0.4 is 16.0 Å². The zero-order valence-corrected chi connectivity index (χ0v) is 17.2. The van der Waals surface area contributed by atoms with Crippen LogP contribution >= 0.6 is 0 Å². The molecule has 0 atom stereocenters. The summed E-state index contributed by atoms with van der Waals surface area (Å²) in [6.45, 7) is 11.0. The van der Waals surface area contributed by atoms with Gasteiger partial charge in [0.05, 0.1) is 6.26 Å². The van der Waals surface area contributed by atoms with Gasteiger partial charge in [-0.05, 0) is 59.2 Å². The molecule has 3 N–H and O–H groups in total. The van der Waals surface area contributed by atoms with Crippen molar-refractivity contribution in [2.75, 3.05) is 39.8 Å². The van der Waals surface area contributed by atoms with Gasteiger partial charge in [-0.25, -0.2) is 0 Å². The first-order valence-corrected chi connectivity index (χ1v) is 9.96. The second-order valence-corrected chi connectivity index (χ2v) is 7.75. The van der Waals surface area contributed by atoms with Gasteiger partial charge in [0.25, 0.3) is 5.91 Å². The van der Waals surface area contributed by atoms with E-state index in [9.17, 15) is 4.79 Å². The summed E-state index contributed by atoms with van der Waals surface area (Å²) in [5.41, 5.74) is 0.957. The monoisotopic (exact) mass is 377 g/mol. The fraction of sp³-hybridized carbons (Fsp3) is 0.700. The molecule has 0 bridgehead atoms. The summed E-state index contributed by atoms with van der Waals surface area (Å²) in [6.07, 6.45) is 6.27. The summed E-state index contributed by atoms with van der Waals surface area (Å²) in [5, 5.41) is 9.62. The van der Waals surface area contributed by atoms with Gasteiger partial charge in [-0.15, -0.1) is 0 Å². The smallest absolute Gasteiger partial charge is 0.287 e. The van der Waals surface area contributed by atoms with Crippen LogP contribution in [-0.4, -0.2) is 62.1 Å². The van der Waals surface area contributed by atoms with E-state index >= 15 is 0 Å². The van der Waals surface area contributed by atoms with Crippen molar-refractivity contribution < 1.29 is 9.21 Å². The molecule has 2 heterocycles. The van der Waals surface area contributed by atoms with Gasteiger partial charge in [-0.3, -0.25) is 14.7 Å². The second-order valence-electron chi connectivity index (χ2n) is 7.75. The molecule has 1 aliphatic heterocycles. The Morgan fingerprint density at radius 2 is 1.89 bits per heavy atom. The number of hydrogen-bond donors (Lipinski definition) is 3. The van der Waals surface area contributed by atoms with E-state index in [4.69, 9.17) is 4.42 Å². The number of aliphatic imine (C=N–C) groups is 1. The van der Waals surface area contributed by atoms with Crippen LogP contribution in [0.15, 0.2) is 21.7 Å². The second kappa shape index (κ2) is 10.3. The van der Waals surface area contributed by atoms with E-state index in [1.807, 2.05) is 6.92 Å². The molecule has 0 radical (unpaired) electrons. The Labute approximate surface area is 163 Å². The van der Waals surface area contributed by atoms with E-state index in [0.29, 0.717) is 12.3 Å². The number of hydrogen-bond acceptors (Lipinski definition) is 4. The molecule has 0 unspecified atom stereocenters. The minimum absolute atomic E-state index is 0.104. The number of nitrogens with one attached hydrogen (secondary N) is 3. The van der Waals surface area contributed by atoms with E-state index in [0.717, 1.165) is 31.0 Å². The van der Waals surface area contributed by atoms with Crippen LogP contribution in [0, 0.1) is 6.92 Å². The third-order valence-corrected chi connectivity index (χ3v) is 5.12. The van der Waals surface area contributed by atoms with Gasteiger partial charge in [0, 0.05) is 37.8 Å². The van der Waals surface area contributed by atoms with Crippen LogP contribution in [0.1, 0.15) is 55.6 Å². The molecule has 7 nitrogen and oxygen atoms in total. The van der Waals surface area contributed by atoms with Crippen LogP contribution in [0.4, 0.5) is 0 Å². The number of aryl methyl sites for hydroxylation is 1. The van der Waals surface area contributed by atoms with Crippen molar-refractivity contribution in [3.05, 3.63) is 23.7 Å². The third-order valence-electron chi connectivity index (χ3n) is 5.12. The van der Waals surface area contributed by atoms with Gasteiger partial charge in [0.15, 0.2) is 11.7 Å². The normalized spacial score (nSPS) is 16.2. The van der Waals surface area contributed by atoms with Gasteiger partial charge in [0.1, 0.15) is 0 Å². The lowest BCUT2D eigenvalue weighted by molar-refractivity contribution is 0.0924. The van der Waals surface area contributed by atoms with E-state index in [1.54, 1.807) is 13.1 Å². The van der Waals surface area contributed by atoms with E-state index in [2.05, 4.69) is 39.7 Å². The van der Waals surface area contributed by atoms with Crippen molar-refractivity contribution >= 4 is 11.9 Å². The predicted octanol–water partition coefficient (Wildman–Crippen LogP) is 2.14. The molecule has 1 aromatic heterocycles. The molecule has 0 aromatic carbocycles. The number of rotatable bonds is 8. The summed E-state index contributed by atoms with van der Waals surface area (Å²) in [4.78, 5) is 18.8. The summed E-state index contributed by atoms with van der Waals surface area (Å²) < 4.78 is 5.19. The number of furan rings is 1. The summed E-state index contributed by atoms with van der Waals surface area (Å²) >= 11 is 0. The standard InChI is InChI=1S/C20H35N5O2/c1-16-9-14-27-17(16)18(26)22-10-8-11-23-19(21-4)24-15-20(2,3)25-12-6-5-7-13-25/h9,14H,5-8,10-13,15H2,1-4H3,(H,22,26)(H2,21,23,24). The molecule has 7 heteroatoms. The van der Waals surface area contributed by atoms with Gasteiger partial charge >= 0.3 is 0 Å². The number of carbonyl (C=O) groups excluding carboxylic acids is 1. The maximum Gasteiger partial charge on any atom is 0.287 e. The Kier molecular flexibility index (Phi) is 8.16. The highest BCUT2D eigenvalue weighted by molar-refractivity contribution is 5.92. The number of carbonyl (C=O) groups is 1. The maximum atomic E-state index is 12.0. The minimum Gasteiger partial charge on any atom is -0.459 e. The zero-order valence-electron chi connectivity index (χ0n) is 17.2. The summed E-state index contributed by atoms with van der Waals surface area (Å²) in [5.74, 6) is 1.02. The highest BCUT2D eigenvalue weighted by atomic mass is 16.3. The first kappa shape index (κ1) is 21.3. The van der Waals surface area contributed by atoms with Crippen LogP contribution in [0.3, 0.4) is 0 Å². The lowest BCUT2D eigenvalue weighted by atomic mass is 9.98. The Bertz CT molecular complexity index is 618. The highest BCUT2D eigenvalue weighted by Gasteiger charge is 2.27. The molecule has 1 amide bonds. The predicted molar refractivity (Wildman–Crippen MR) is 109 cm³/mol. The number of guanidine groups is 1. The number of nitrogens with zero attached hydrogens (tertiary/aromatic N) is 2. The Balaban J connectivity index is 1.64. The van der Waals surface area contributed by atoms with Gasteiger partial charge in [-0.1, -0.05) is 6.42 Å². The SMILES string of the molecule is CN=C(NCCCNC(=O)c1occc1C)NCC(C)(C)N1CCCCC1. The fourth-order valence-electron chi connectivity index (χ4n) is 3.31. The van der Waals surface area contributed by atoms with Crippen molar-refractivity contribution in [1.29, 1.82) is 0 Å². The van der Waals surface area contributed by atoms with E-state index < -0.39 is 0 Å². The van der Waals surface area contributed by atoms with Crippen LogP contribution in [0.5, 0.6) is 0 Å². The molecule has 0 aliphatic carbocycles. The number of piperidine rings is 1. The van der Waals surface area contributed by atoms with E-state index in [1.165, 1.54) is 38.6 Å². The topological polar surface area (TPSA) is 81.9 Å². The average Bonchev–Trinajstić information content (AvgIpc) is 3.10. The molecule has 152 valence electrons. The van der Waals surface area contributed by atoms with Crippen LogP contribution in [-0.2, 0) is 0 Å². The first-order chi connectivity index (χ1) is 12.9. The van der Waals surface area contributed by atoms with Crippen molar-refractivity contribution in [3.8, 4) is 0 Å². The first-order valence-electron chi connectivity index (χ1n) is 9.96. The van der Waals surface area contributed by atoms with E-state index in [-0.39, 0.29) is 11.4 Å². The molecular formula is C20H35N5O2. The summed E-state index contributed by atoms with van der Waals surface area (Å²) in [6, 6.07) is 1.79. The Morgan fingerprint density at radius 3 is 2.52 bits per heavy atom. The molecule has 1 fully saturated rings. The lowest BCUT2D eigenvalue weighted by Crippen LogP contribution is -2.55. The molecule has 1 aromatic rings. The fourth-order valence-corrected chi connectivity index (χ4v) is 3.31. The molecule has 1 aliphatic rings. The van der Waals surface area contributed by atoms with Gasteiger partial charge in [-0.2, -0.15) is 0 Å². The zero-order chi connectivity index (χ0) is 19.7. The minimum atomic E-state index is -0.164. The van der Waals surface area contributed by atoms with Crippen LogP contribution in [0.2, 0.25) is 0 Å². The lowest BCUT2D eigenvalue weighted by Gasteiger charge is -2.41. The highest BCUT2D eigenvalue weighted by Crippen LogP contribution is 2.19. The van der Waals surface area contributed by atoms with Crippen molar-refractivity contribution in [2.45, 2.75) is 52.0 Å². The number of likely N-dealkylation sites (tertiary alicyclic amines) is 1. The molecule has 0 spiro atoms. The molecule has 27 heavy (non-hydrogen) atoms. The van der Waals surface area contributed by atoms with Crippen molar-refractivity contribution in [2.24, 2.45) is 4.99 Å². The Hall–Kier alpha value is -2.02. The van der Waals surface area contributed by atoms with Crippen LogP contribution in [0.25, 0.3) is 0 Å².